The molecular weight excluding hydrogens is 1920 g/mol. The summed E-state index contributed by atoms with van der Waals surface area (Å²) in [4.78, 5) is 0. The van der Waals surface area contributed by atoms with Gasteiger partial charge in [-0.3, -0.25) is 0 Å². The second kappa shape index (κ2) is 38.1. The number of aryl methyl sites for hydroxylation is 14. The van der Waals surface area contributed by atoms with Crippen LogP contribution >= 0.6 is 79.4 Å². The zero-order valence-corrected chi connectivity index (χ0v) is 93.0. The van der Waals surface area contributed by atoms with Crippen LogP contribution in [0.3, 0.4) is 0 Å². The van der Waals surface area contributed by atoms with Crippen LogP contribution in [0.15, 0.2) is 340 Å². The smallest absolute Gasteiger partial charge is 0.0387 e. The first-order valence-corrected chi connectivity index (χ1v) is 62.9. The van der Waals surface area contributed by atoms with Gasteiger partial charge in [-0.15, -0.1) is 68.0 Å². The molecule has 28 aromatic rings. The van der Waals surface area contributed by atoms with Crippen molar-refractivity contribution in [2.75, 3.05) is 0 Å². The largest absolute Gasteiger partial charge is 0.135 e. The van der Waals surface area contributed by atoms with Gasteiger partial charge in [-0.25, -0.2) is 0 Å². The van der Waals surface area contributed by atoms with Gasteiger partial charge < -0.3 is 0 Å². The molecule has 28 rings (SSSR count). The molecule has 143 heavy (non-hydrogen) atoms. The summed E-state index contributed by atoms with van der Waals surface area (Å²) in [6.45, 7) is 37.7. The fourth-order valence-electron chi connectivity index (χ4n) is 20.6. The number of fused-ring (bicyclic) bond motifs is 31. The summed E-state index contributed by atoms with van der Waals surface area (Å²) in [7, 11) is 0. The Balaban J connectivity index is 0.0000000959. The molecule has 0 aliphatic carbocycles. The Bertz CT molecular complexity index is 9920. The maximum atomic E-state index is 2.45. The molecule has 0 saturated carbocycles. The van der Waals surface area contributed by atoms with Gasteiger partial charge in [0.2, 0.25) is 0 Å². The van der Waals surface area contributed by atoms with Crippen molar-refractivity contribution in [3.8, 4) is 11.1 Å². The third-order valence-electron chi connectivity index (χ3n) is 30.3. The van der Waals surface area contributed by atoms with Crippen molar-refractivity contribution in [2.24, 2.45) is 0 Å². The molecule has 0 aliphatic rings. The van der Waals surface area contributed by atoms with Crippen LogP contribution in [-0.4, -0.2) is 13.3 Å². The molecule has 0 N–H and O–H groups in total. The molecule has 7 aromatic heterocycles. The minimum Gasteiger partial charge on any atom is -0.135 e. The summed E-state index contributed by atoms with van der Waals surface area (Å²) in [6.07, 6.45) is 0. The minimum atomic E-state index is -1.73. The molecule has 7 heterocycles. The predicted octanol–water partition coefficient (Wildman–Crippen LogP) is 43.1. The predicted molar refractivity (Wildman–Crippen MR) is 654 cm³/mol. The van der Waals surface area contributed by atoms with Crippen LogP contribution in [0.4, 0.5) is 0 Å². The van der Waals surface area contributed by atoms with Crippen LogP contribution in [0.25, 0.3) is 217 Å². The number of rotatable bonds is 2. The second-order valence-corrected chi connectivity index (χ2v) is 59.6. The van der Waals surface area contributed by atoms with Crippen LogP contribution in [0, 0.1) is 96.9 Å². The summed E-state index contributed by atoms with van der Waals surface area (Å²) in [6, 6.07) is 126. The van der Waals surface area contributed by atoms with Gasteiger partial charge in [0.05, 0.1) is 0 Å². The maximum absolute atomic E-state index is 2.45. The summed E-state index contributed by atoms with van der Waals surface area (Å²) in [5.41, 5.74) is 23.8. The van der Waals surface area contributed by atoms with E-state index < -0.39 is 13.3 Å². The molecule has 0 amide bonds. The Morgan fingerprint density at radius 2 is 0.469 bits per heavy atom. The van der Waals surface area contributed by atoms with E-state index in [-0.39, 0.29) is 5.41 Å². The van der Waals surface area contributed by atoms with Gasteiger partial charge in [0, 0.05) is 126 Å². The van der Waals surface area contributed by atoms with E-state index in [1.54, 1.807) is 4.40 Å². The summed E-state index contributed by atoms with van der Waals surface area (Å²) < 4.78 is 21.3. The molecule has 0 saturated heterocycles. The van der Waals surface area contributed by atoms with Crippen LogP contribution in [-0.2, 0) is 5.41 Å². The standard InChI is InChI=1S/C23H24GeS.2C22H16S.2C18H14S.C18H20S.C14H12S/c1-15-6-12-21-20-13-9-18(14-22(20)25-23(21)16(15)2)17-7-10-19(11-8-17)24(3,4)5;1-13-7-10-18-20-11-16-9-8-15-5-3-4-6-17(15)19(16)12-21(20)23-22(18)14(13)2;1-13-7-9-19-20-12-11-17-16-6-4-3-5-15(16)8-10-18(17)22(20)23-21(19)14(13)2;1-11-7-9-15-16-10-8-13-5-3-4-6-14(13)18(16)19-17(15)12(11)2;1-11-7-8-15-16-9-13-5-3-4-6-14(13)10-17(16)19-18(15)12(11)2;1-11-8-15-14-7-6-13(18(3,4)5)10-17(14)19-16(15)9-12(11)2;1-9-7-12-11-5-3-4-6-13(11)15-14(12)8-10(9)2/h6-14H,1-5H3;2*3-12H,1-2H3;2*3-10H,1-2H3;6-10H,1-5H3;3-8H,1-2H3. The summed E-state index contributed by atoms with van der Waals surface area (Å²) >= 11 is 11.7. The number of hydrogen-bond donors (Lipinski definition) is 0. The summed E-state index contributed by atoms with van der Waals surface area (Å²) in [5, 5.41) is 35.6. The average molecular weight is 2040 g/mol. The van der Waals surface area contributed by atoms with Gasteiger partial charge in [0.25, 0.3) is 0 Å². The number of hydrogen-bond acceptors (Lipinski definition) is 7. The van der Waals surface area contributed by atoms with Crippen molar-refractivity contribution >= 4 is 303 Å². The third-order valence-corrected chi connectivity index (χ3v) is 43.5. The summed E-state index contributed by atoms with van der Waals surface area (Å²) in [5.74, 6) is 7.34. The van der Waals surface area contributed by atoms with E-state index in [1.165, 1.54) is 300 Å². The normalized spacial score (nSPS) is 11.9. The fourth-order valence-corrected chi connectivity index (χ4v) is 32.1. The fraction of sp³-hybridized carbons (Fsp3) is 0.156. The van der Waals surface area contributed by atoms with Crippen molar-refractivity contribution in [1.29, 1.82) is 0 Å². The van der Waals surface area contributed by atoms with E-state index in [2.05, 4.69) is 475 Å². The molecule has 0 radical (unpaired) electrons. The van der Waals surface area contributed by atoms with Crippen LogP contribution in [0.1, 0.15) is 104 Å². The monoisotopic (exact) mass is 2030 g/mol. The second-order valence-electron chi connectivity index (χ2n) is 41.5. The molecular formula is C135H116GeS7. The maximum Gasteiger partial charge on any atom is 0.0387 e. The SMILES string of the molecule is Cc1cc2sc3cc(C(C)(C)C)ccc3c2cc1C.Cc1cc2sc3ccccc3c2cc1C.Cc1ccc2c(sc3c2ccc2c4ccccc4ccc23)c1C.Cc1ccc2c(sc3c4ccccc4ccc23)c1C.Cc1ccc2c(sc3cc(-c4cc[c]([Ge]([CH3])([CH3])[CH3])cc4)ccc32)c1C.Cc1ccc2c(sc3cc4c(ccc5ccccc54)cc32)c1C.Cc1ccc2c(sc3cc4ccccc4cc32)c1C. The Hall–Kier alpha value is -12.7. The van der Waals surface area contributed by atoms with Crippen molar-refractivity contribution in [2.45, 2.75) is 140 Å². The number of benzene rings is 21. The minimum absolute atomic E-state index is 0.218. The third kappa shape index (κ3) is 17.8. The Kier molecular flexibility index (Phi) is 25.3. The molecule has 702 valence electrons. The molecule has 0 spiro atoms. The Labute approximate surface area is 869 Å². The Morgan fingerprint density at radius 3 is 0.979 bits per heavy atom. The van der Waals surface area contributed by atoms with Gasteiger partial charge in [0.1, 0.15) is 0 Å². The first kappa shape index (κ1) is 95.1. The molecule has 0 unspecified atom stereocenters. The van der Waals surface area contributed by atoms with E-state index in [0.29, 0.717) is 0 Å². The van der Waals surface area contributed by atoms with E-state index in [1.807, 2.05) is 79.4 Å². The van der Waals surface area contributed by atoms with Gasteiger partial charge in [0.15, 0.2) is 0 Å². The van der Waals surface area contributed by atoms with Gasteiger partial charge in [-0.05, 0) is 281 Å². The van der Waals surface area contributed by atoms with Gasteiger partial charge in [-0.1, -0.05) is 245 Å². The molecule has 0 aliphatic heterocycles. The van der Waals surface area contributed by atoms with E-state index in [4.69, 9.17) is 0 Å². The van der Waals surface area contributed by atoms with E-state index >= 15 is 0 Å². The number of thiophene rings is 7. The topological polar surface area (TPSA) is 0 Å². The van der Waals surface area contributed by atoms with Crippen molar-refractivity contribution < 1.29 is 0 Å². The zero-order valence-electron chi connectivity index (χ0n) is 85.2. The van der Waals surface area contributed by atoms with Crippen molar-refractivity contribution in [3.63, 3.8) is 0 Å². The molecule has 8 heteroatoms. The zero-order chi connectivity index (χ0) is 99.0. The first-order chi connectivity index (χ1) is 68.9. The Morgan fingerprint density at radius 1 is 0.168 bits per heavy atom. The van der Waals surface area contributed by atoms with Crippen LogP contribution in [0.5, 0.6) is 0 Å². The van der Waals surface area contributed by atoms with Gasteiger partial charge >= 0.3 is 157 Å². The van der Waals surface area contributed by atoms with Gasteiger partial charge in [-0.2, -0.15) is 0 Å². The molecule has 0 nitrogen and oxygen atoms in total. The quantitative estimate of drug-likeness (QED) is 0.120. The van der Waals surface area contributed by atoms with Crippen molar-refractivity contribution in [1.82, 2.24) is 0 Å². The van der Waals surface area contributed by atoms with Crippen LogP contribution in [0.2, 0.25) is 17.3 Å². The molecule has 0 fully saturated rings. The molecule has 0 bridgehead atoms. The van der Waals surface area contributed by atoms with E-state index in [9.17, 15) is 0 Å². The van der Waals surface area contributed by atoms with Crippen molar-refractivity contribution in [3.05, 3.63) is 423 Å². The van der Waals surface area contributed by atoms with Crippen LogP contribution < -0.4 is 4.40 Å². The first-order valence-electron chi connectivity index (χ1n) is 49.9. The molecule has 21 aromatic carbocycles. The average Bonchev–Trinajstić information content (AvgIpc) is 1.59. The molecule has 0 atom stereocenters. The van der Waals surface area contributed by atoms with E-state index in [0.717, 1.165) is 0 Å².